The van der Waals surface area contributed by atoms with Crippen LogP contribution in [0.3, 0.4) is 0 Å². The van der Waals surface area contributed by atoms with Crippen LogP contribution in [0.4, 0.5) is 0 Å². The molecule has 2 aromatic carbocycles. The van der Waals surface area contributed by atoms with Crippen LogP contribution in [0.15, 0.2) is 35.3 Å². The number of amides is 1. The van der Waals surface area contributed by atoms with Crippen molar-refractivity contribution in [3.05, 3.63) is 41.4 Å². The molecule has 7 heteroatoms. The second-order valence-electron chi connectivity index (χ2n) is 7.99. The summed E-state index contributed by atoms with van der Waals surface area (Å²) in [5.74, 6) is 2.76. The molecule has 0 fully saturated rings. The average Bonchev–Trinajstić information content (AvgIpc) is 3.44. The fourth-order valence-electron chi connectivity index (χ4n) is 4.54. The van der Waals surface area contributed by atoms with Gasteiger partial charge in [-0.3, -0.25) is 4.79 Å². The monoisotopic (exact) mass is 418 g/mol. The number of fused-ring (bicyclic) bond motifs is 7. The maximum atomic E-state index is 12.7. The third-order valence-electron chi connectivity index (χ3n) is 6.09. The molecule has 0 N–H and O–H groups in total. The van der Waals surface area contributed by atoms with Gasteiger partial charge in [0, 0.05) is 18.5 Å². The van der Waals surface area contributed by atoms with Crippen LogP contribution in [0.1, 0.15) is 31.7 Å². The number of benzene rings is 2. The fraction of sp³-hybridized carbons (Fsp3) is 0.333. The van der Waals surface area contributed by atoms with Crippen molar-refractivity contribution < 1.29 is 23.7 Å². The van der Waals surface area contributed by atoms with Gasteiger partial charge in [0.25, 0.3) is 0 Å². The first-order valence-corrected chi connectivity index (χ1v) is 10.7. The molecule has 158 valence electrons. The number of aromatic nitrogens is 1. The van der Waals surface area contributed by atoms with E-state index < -0.39 is 0 Å². The van der Waals surface area contributed by atoms with Crippen LogP contribution >= 0.6 is 0 Å². The highest BCUT2D eigenvalue weighted by molar-refractivity contribution is 5.94. The van der Waals surface area contributed by atoms with Crippen molar-refractivity contribution >= 4 is 16.7 Å². The van der Waals surface area contributed by atoms with Gasteiger partial charge in [-0.25, -0.2) is 0 Å². The highest BCUT2D eigenvalue weighted by atomic mass is 16.7. The van der Waals surface area contributed by atoms with Gasteiger partial charge in [0.05, 0.1) is 11.1 Å². The minimum Gasteiger partial charge on any atom is -0.454 e. The summed E-state index contributed by atoms with van der Waals surface area (Å²) in [7, 11) is 0. The second kappa shape index (κ2) is 7.04. The van der Waals surface area contributed by atoms with Crippen molar-refractivity contribution in [2.24, 2.45) is 4.99 Å². The van der Waals surface area contributed by atoms with Crippen molar-refractivity contribution in [2.45, 2.75) is 39.2 Å². The molecule has 1 amide bonds. The van der Waals surface area contributed by atoms with Crippen LogP contribution in [0.5, 0.6) is 23.0 Å². The van der Waals surface area contributed by atoms with Gasteiger partial charge < -0.3 is 23.5 Å². The van der Waals surface area contributed by atoms with Crippen LogP contribution in [0.25, 0.3) is 22.0 Å². The maximum Gasteiger partial charge on any atom is 0.247 e. The van der Waals surface area contributed by atoms with Crippen molar-refractivity contribution in [1.29, 1.82) is 0 Å². The summed E-state index contributed by atoms with van der Waals surface area (Å²) in [6, 6.07) is 10.1. The highest BCUT2D eigenvalue weighted by Crippen LogP contribution is 2.43. The molecule has 0 radical (unpaired) electrons. The molecule has 0 aliphatic carbocycles. The van der Waals surface area contributed by atoms with E-state index in [0.29, 0.717) is 30.0 Å². The number of pyridine rings is 1. The Labute approximate surface area is 178 Å². The Kier molecular flexibility index (Phi) is 4.16. The van der Waals surface area contributed by atoms with Crippen molar-refractivity contribution in [3.63, 3.8) is 0 Å². The van der Waals surface area contributed by atoms with Crippen LogP contribution < -0.4 is 24.4 Å². The molecule has 3 aliphatic heterocycles. The van der Waals surface area contributed by atoms with Crippen LogP contribution in [0, 0.1) is 0 Å². The molecule has 1 aromatic heterocycles. The Hall–Kier alpha value is -3.48. The summed E-state index contributed by atoms with van der Waals surface area (Å²) in [6.45, 7) is 3.20. The molecule has 0 saturated carbocycles. The van der Waals surface area contributed by atoms with Crippen LogP contribution in [-0.4, -0.2) is 24.1 Å². The van der Waals surface area contributed by atoms with E-state index in [1.165, 1.54) is 5.56 Å². The number of unbranched alkanes of at least 4 members (excludes halogenated alkanes) is 1. The Morgan fingerprint density at radius 2 is 1.84 bits per heavy atom. The lowest BCUT2D eigenvalue weighted by Gasteiger charge is -2.24. The van der Waals surface area contributed by atoms with Crippen LogP contribution in [0.2, 0.25) is 0 Å². The number of aryl methyl sites for hydroxylation is 1. The van der Waals surface area contributed by atoms with E-state index in [0.717, 1.165) is 52.8 Å². The van der Waals surface area contributed by atoms with Gasteiger partial charge in [-0.2, -0.15) is 4.99 Å². The molecular formula is C24H22N2O5. The SMILES string of the molecule is CCCCC(=O)N=c1c2c3c(ccc2cc2n1CCc1cc4c(cc1-2)OCO4)OCO3. The smallest absolute Gasteiger partial charge is 0.247 e. The van der Waals surface area contributed by atoms with E-state index in [1.54, 1.807) is 0 Å². The third kappa shape index (κ3) is 2.87. The molecule has 4 heterocycles. The van der Waals surface area contributed by atoms with Crippen molar-refractivity contribution in [1.82, 2.24) is 4.57 Å². The molecule has 3 aromatic rings. The Morgan fingerprint density at radius 3 is 2.71 bits per heavy atom. The normalized spacial score (nSPS) is 15.8. The van der Waals surface area contributed by atoms with Crippen molar-refractivity contribution in [2.75, 3.05) is 13.6 Å². The number of ether oxygens (including phenoxy) is 4. The Bertz CT molecular complexity index is 1310. The van der Waals surface area contributed by atoms with Gasteiger partial charge in [0.2, 0.25) is 19.5 Å². The zero-order valence-corrected chi connectivity index (χ0v) is 17.3. The van der Waals surface area contributed by atoms with E-state index in [-0.39, 0.29) is 19.5 Å². The zero-order valence-electron chi connectivity index (χ0n) is 17.3. The zero-order chi connectivity index (χ0) is 20.9. The Balaban J connectivity index is 1.64. The quantitative estimate of drug-likeness (QED) is 0.644. The summed E-state index contributed by atoms with van der Waals surface area (Å²) in [5.41, 5.74) is 3.92. The van der Waals surface area contributed by atoms with E-state index in [4.69, 9.17) is 18.9 Å². The topological polar surface area (TPSA) is 71.3 Å². The molecule has 0 bridgehead atoms. The van der Waals surface area contributed by atoms with Crippen molar-refractivity contribution in [3.8, 4) is 34.3 Å². The van der Waals surface area contributed by atoms with Gasteiger partial charge in [0.1, 0.15) is 5.49 Å². The number of carbonyl (C=O) groups is 1. The van der Waals surface area contributed by atoms with Gasteiger partial charge in [-0.05, 0) is 48.1 Å². The van der Waals surface area contributed by atoms with Crippen LogP contribution in [-0.2, 0) is 17.8 Å². The first-order valence-electron chi connectivity index (χ1n) is 10.7. The molecule has 3 aliphatic rings. The number of rotatable bonds is 3. The predicted molar refractivity (Wildman–Crippen MR) is 113 cm³/mol. The molecule has 0 spiro atoms. The third-order valence-corrected chi connectivity index (χ3v) is 6.09. The molecule has 0 saturated heterocycles. The van der Waals surface area contributed by atoms with E-state index in [9.17, 15) is 4.79 Å². The second-order valence-corrected chi connectivity index (χ2v) is 7.99. The average molecular weight is 418 g/mol. The van der Waals surface area contributed by atoms with Gasteiger partial charge in [-0.15, -0.1) is 0 Å². The molecule has 7 nitrogen and oxygen atoms in total. The minimum absolute atomic E-state index is 0.114. The first kappa shape index (κ1) is 18.3. The number of carbonyl (C=O) groups excluding carboxylic acids is 1. The van der Waals surface area contributed by atoms with E-state index >= 15 is 0 Å². The Morgan fingerprint density at radius 1 is 1.03 bits per heavy atom. The standard InChI is InChI=1S/C24H22N2O5/c1-2-3-4-21(27)25-24-22-15(5-6-18-23(22)31-13-28-18)9-17-16-11-20-19(29-12-30-20)10-14(16)7-8-26(17)24/h5-6,9-11H,2-4,7-8,12-13H2,1H3. The summed E-state index contributed by atoms with van der Waals surface area (Å²) in [4.78, 5) is 17.3. The molecule has 6 rings (SSSR count). The lowest BCUT2D eigenvalue weighted by Crippen LogP contribution is -2.28. The molecule has 0 atom stereocenters. The van der Waals surface area contributed by atoms with Gasteiger partial charge in [0.15, 0.2) is 23.0 Å². The summed E-state index contributed by atoms with van der Waals surface area (Å²) >= 11 is 0. The maximum absolute atomic E-state index is 12.7. The molecule has 31 heavy (non-hydrogen) atoms. The largest absolute Gasteiger partial charge is 0.454 e. The summed E-state index contributed by atoms with van der Waals surface area (Å²) in [5, 5.41) is 1.79. The molecular weight excluding hydrogens is 396 g/mol. The van der Waals surface area contributed by atoms with Gasteiger partial charge >= 0.3 is 0 Å². The minimum atomic E-state index is -0.114. The van der Waals surface area contributed by atoms with E-state index in [2.05, 4.69) is 28.6 Å². The fourth-order valence-corrected chi connectivity index (χ4v) is 4.54. The number of hydrogen-bond donors (Lipinski definition) is 0. The summed E-state index contributed by atoms with van der Waals surface area (Å²) in [6.07, 6.45) is 3.02. The number of hydrogen-bond acceptors (Lipinski definition) is 5. The van der Waals surface area contributed by atoms with Gasteiger partial charge in [-0.1, -0.05) is 19.4 Å². The highest BCUT2D eigenvalue weighted by Gasteiger charge is 2.26. The lowest BCUT2D eigenvalue weighted by molar-refractivity contribution is -0.118. The molecule has 0 unspecified atom stereocenters. The first-order chi connectivity index (χ1) is 15.2. The predicted octanol–water partition coefficient (Wildman–Crippen LogP) is 3.94. The summed E-state index contributed by atoms with van der Waals surface area (Å²) < 4.78 is 24.7. The lowest BCUT2D eigenvalue weighted by atomic mass is 9.95. The number of nitrogens with zero attached hydrogens (tertiary/aromatic N) is 2. The van der Waals surface area contributed by atoms with E-state index in [1.807, 2.05) is 18.2 Å².